The van der Waals surface area contributed by atoms with Crippen molar-refractivity contribution in [1.82, 2.24) is 0 Å². The molecule has 0 saturated carbocycles. The summed E-state index contributed by atoms with van der Waals surface area (Å²) in [4.78, 5) is 0. The first-order valence-corrected chi connectivity index (χ1v) is 5.44. The normalized spacial score (nSPS) is 10.6. The van der Waals surface area contributed by atoms with Crippen molar-refractivity contribution in [1.29, 1.82) is 0 Å². The molecular weight excluding hydrogens is 196 g/mol. The Bertz CT molecular complexity index is 294. The Hall–Kier alpha value is -0.690. The number of benzene rings is 1. The van der Waals surface area contributed by atoms with E-state index in [4.69, 9.17) is 16.3 Å². The molecule has 0 saturated heterocycles. The summed E-state index contributed by atoms with van der Waals surface area (Å²) < 4.78 is 5.54. The molecule has 1 nitrogen and oxygen atoms in total. The highest BCUT2D eigenvalue weighted by Gasteiger charge is 2.03. The van der Waals surface area contributed by atoms with Gasteiger partial charge in [-0.3, -0.25) is 0 Å². The Labute approximate surface area is 91.0 Å². The molecule has 1 rings (SSSR count). The highest BCUT2D eigenvalue weighted by Crippen LogP contribution is 2.25. The number of hydrogen-bond donors (Lipinski definition) is 0. The van der Waals surface area contributed by atoms with Crippen molar-refractivity contribution in [3.05, 3.63) is 28.8 Å². The Morgan fingerprint density at radius 3 is 2.57 bits per heavy atom. The van der Waals surface area contributed by atoms with Gasteiger partial charge in [-0.1, -0.05) is 32.4 Å². The van der Waals surface area contributed by atoms with Gasteiger partial charge in [-0.25, -0.2) is 0 Å². The van der Waals surface area contributed by atoms with Crippen LogP contribution in [0.4, 0.5) is 0 Å². The van der Waals surface area contributed by atoms with Gasteiger partial charge in [0.25, 0.3) is 0 Å². The minimum Gasteiger partial charge on any atom is -0.494 e. The zero-order valence-corrected chi connectivity index (χ0v) is 9.77. The monoisotopic (exact) mass is 212 g/mol. The maximum atomic E-state index is 5.99. The van der Waals surface area contributed by atoms with Crippen LogP contribution in [0.5, 0.6) is 5.75 Å². The summed E-state index contributed by atoms with van der Waals surface area (Å²) in [6.07, 6.45) is 1.02. The van der Waals surface area contributed by atoms with Gasteiger partial charge in [0.15, 0.2) is 0 Å². The molecule has 0 spiro atoms. The maximum absolute atomic E-state index is 5.99. The second-order valence-electron chi connectivity index (χ2n) is 3.72. The van der Waals surface area contributed by atoms with Crippen molar-refractivity contribution in [3.8, 4) is 5.75 Å². The second-order valence-corrected chi connectivity index (χ2v) is 4.16. The minimum absolute atomic E-state index is 0.484. The molecule has 0 bridgehead atoms. The molecule has 0 unspecified atom stereocenters. The van der Waals surface area contributed by atoms with E-state index in [9.17, 15) is 0 Å². The standard InChI is InChI=1S/C12H17ClO/c1-4-5-14-12-7-10(9(2)3)6-11(13)8-12/h6-9H,4-5H2,1-3H3. The van der Waals surface area contributed by atoms with Crippen molar-refractivity contribution < 1.29 is 4.74 Å². The third-order valence-electron chi connectivity index (χ3n) is 2.03. The lowest BCUT2D eigenvalue weighted by atomic mass is 10.0. The van der Waals surface area contributed by atoms with Gasteiger partial charge >= 0.3 is 0 Å². The van der Waals surface area contributed by atoms with Crippen molar-refractivity contribution in [2.24, 2.45) is 0 Å². The van der Waals surface area contributed by atoms with E-state index in [2.05, 4.69) is 26.8 Å². The van der Waals surface area contributed by atoms with E-state index in [1.165, 1.54) is 5.56 Å². The highest BCUT2D eigenvalue weighted by molar-refractivity contribution is 6.30. The molecular formula is C12H17ClO. The predicted octanol–water partition coefficient (Wildman–Crippen LogP) is 4.25. The lowest BCUT2D eigenvalue weighted by Crippen LogP contribution is -1.96. The summed E-state index contributed by atoms with van der Waals surface area (Å²) >= 11 is 5.99. The summed E-state index contributed by atoms with van der Waals surface area (Å²) in [6.45, 7) is 7.14. The molecule has 0 amide bonds. The summed E-state index contributed by atoms with van der Waals surface area (Å²) in [5.41, 5.74) is 1.23. The van der Waals surface area contributed by atoms with Crippen LogP contribution in [-0.4, -0.2) is 6.61 Å². The largest absolute Gasteiger partial charge is 0.494 e. The van der Waals surface area contributed by atoms with Crippen LogP contribution >= 0.6 is 11.6 Å². The molecule has 0 aliphatic rings. The zero-order chi connectivity index (χ0) is 10.6. The van der Waals surface area contributed by atoms with Crippen molar-refractivity contribution >= 4 is 11.6 Å². The predicted molar refractivity (Wildman–Crippen MR) is 61.3 cm³/mol. The molecule has 78 valence electrons. The highest BCUT2D eigenvalue weighted by atomic mass is 35.5. The average Bonchev–Trinajstić information content (AvgIpc) is 2.14. The van der Waals surface area contributed by atoms with Crippen LogP contribution < -0.4 is 4.74 Å². The molecule has 1 aromatic rings. The van der Waals surface area contributed by atoms with Gasteiger partial charge in [-0.2, -0.15) is 0 Å². The fraction of sp³-hybridized carbons (Fsp3) is 0.500. The van der Waals surface area contributed by atoms with E-state index < -0.39 is 0 Å². The summed E-state index contributed by atoms with van der Waals surface area (Å²) in [7, 11) is 0. The smallest absolute Gasteiger partial charge is 0.121 e. The molecule has 0 aliphatic heterocycles. The van der Waals surface area contributed by atoms with Crippen LogP contribution in [0.25, 0.3) is 0 Å². The molecule has 0 aliphatic carbocycles. The molecule has 14 heavy (non-hydrogen) atoms. The van der Waals surface area contributed by atoms with Crippen LogP contribution in [0.3, 0.4) is 0 Å². The quantitative estimate of drug-likeness (QED) is 0.725. The van der Waals surface area contributed by atoms with E-state index in [-0.39, 0.29) is 0 Å². The van der Waals surface area contributed by atoms with Crippen LogP contribution in [0, 0.1) is 0 Å². The van der Waals surface area contributed by atoms with Gasteiger partial charge < -0.3 is 4.74 Å². The van der Waals surface area contributed by atoms with E-state index in [1.807, 2.05) is 12.1 Å². The topological polar surface area (TPSA) is 9.23 Å². The van der Waals surface area contributed by atoms with E-state index in [1.54, 1.807) is 0 Å². The molecule has 2 heteroatoms. The maximum Gasteiger partial charge on any atom is 0.121 e. The Morgan fingerprint density at radius 1 is 1.29 bits per heavy atom. The van der Waals surface area contributed by atoms with Gasteiger partial charge in [0, 0.05) is 5.02 Å². The van der Waals surface area contributed by atoms with Crippen molar-refractivity contribution in [3.63, 3.8) is 0 Å². The minimum atomic E-state index is 0.484. The van der Waals surface area contributed by atoms with Gasteiger partial charge in [0.1, 0.15) is 5.75 Å². The van der Waals surface area contributed by atoms with Crippen LogP contribution in [0.15, 0.2) is 18.2 Å². The molecule has 1 aromatic carbocycles. The summed E-state index contributed by atoms with van der Waals surface area (Å²) in [5, 5.41) is 0.752. The Morgan fingerprint density at radius 2 is 2.00 bits per heavy atom. The van der Waals surface area contributed by atoms with E-state index in [0.29, 0.717) is 5.92 Å². The van der Waals surface area contributed by atoms with Gasteiger partial charge in [0.05, 0.1) is 6.61 Å². The number of hydrogen-bond acceptors (Lipinski definition) is 1. The first-order valence-electron chi connectivity index (χ1n) is 5.06. The molecule has 0 aromatic heterocycles. The second kappa shape index (κ2) is 5.26. The molecule has 0 atom stereocenters. The fourth-order valence-corrected chi connectivity index (χ4v) is 1.45. The third kappa shape index (κ3) is 3.22. The number of halogens is 1. The van der Waals surface area contributed by atoms with Crippen LogP contribution in [0.1, 0.15) is 38.7 Å². The average molecular weight is 213 g/mol. The third-order valence-corrected chi connectivity index (χ3v) is 2.25. The van der Waals surface area contributed by atoms with Crippen LogP contribution in [-0.2, 0) is 0 Å². The van der Waals surface area contributed by atoms with E-state index in [0.717, 1.165) is 23.8 Å². The lowest BCUT2D eigenvalue weighted by Gasteiger charge is -2.10. The van der Waals surface area contributed by atoms with Gasteiger partial charge in [-0.15, -0.1) is 0 Å². The lowest BCUT2D eigenvalue weighted by molar-refractivity contribution is 0.317. The van der Waals surface area contributed by atoms with Crippen LogP contribution in [0.2, 0.25) is 5.02 Å². The number of ether oxygens (including phenoxy) is 1. The van der Waals surface area contributed by atoms with Gasteiger partial charge in [0.2, 0.25) is 0 Å². The SMILES string of the molecule is CCCOc1cc(Cl)cc(C(C)C)c1. The fourth-order valence-electron chi connectivity index (χ4n) is 1.22. The first kappa shape index (κ1) is 11.4. The molecule has 0 N–H and O–H groups in total. The Kier molecular flexibility index (Phi) is 4.27. The Balaban J connectivity index is 2.84. The summed E-state index contributed by atoms with van der Waals surface area (Å²) in [5.74, 6) is 1.36. The first-order chi connectivity index (χ1) is 6.63. The summed E-state index contributed by atoms with van der Waals surface area (Å²) in [6, 6.07) is 5.92. The van der Waals surface area contributed by atoms with E-state index >= 15 is 0 Å². The van der Waals surface area contributed by atoms with Gasteiger partial charge in [-0.05, 0) is 36.1 Å². The zero-order valence-electron chi connectivity index (χ0n) is 9.01. The van der Waals surface area contributed by atoms with Crippen molar-refractivity contribution in [2.75, 3.05) is 6.61 Å². The molecule has 0 heterocycles. The molecule has 0 fully saturated rings. The molecule has 0 radical (unpaired) electrons. The number of rotatable bonds is 4. The van der Waals surface area contributed by atoms with Crippen molar-refractivity contribution in [2.45, 2.75) is 33.1 Å².